The fourth-order valence-electron chi connectivity index (χ4n) is 22.1. The maximum absolute atomic E-state index is 7.22. The predicted octanol–water partition coefficient (Wildman–Crippen LogP) is 32.2. The van der Waals surface area contributed by atoms with Gasteiger partial charge in [-0.05, 0) is 200 Å². The smallest absolute Gasteiger partial charge is 0.144 e. The van der Waals surface area contributed by atoms with E-state index >= 15 is 0 Å². The molecule has 4 aliphatic rings. The minimum absolute atomic E-state index is 0.123. The summed E-state index contributed by atoms with van der Waals surface area (Å²) in [7, 11) is 0. The molecule has 0 amide bonds. The molecule has 3 heterocycles. The average Bonchev–Trinajstić information content (AvgIpc) is 1.51. The number of benzene rings is 11. The number of aromatic nitrogens is 1. The molecule has 0 N–H and O–H groups in total. The molecule has 11 aromatic carbocycles. The number of fused-ring (bicyclic) bond motifs is 25. The van der Waals surface area contributed by atoms with Gasteiger partial charge < -0.3 is 18.3 Å². The van der Waals surface area contributed by atoms with E-state index in [2.05, 4.69) is 271 Å². The van der Waals surface area contributed by atoms with Crippen molar-refractivity contribution in [1.29, 1.82) is 0 Å². The lowest BCUT2D eigenvalue weighted by Gasteiger charge is -2.35. The Labute approximate surface area is 654 Å². The number of unbranched alkanes of at least 4 members (excludes halogenated alkanes) is 20. The Bertz CT molecular complexity index is 5750. The zero-order valence-electron chi connectivity index (χ0n) is 67.1. The largest absolute Gasteiger partial charge is 0.456 e. The van der Waals surface area contributed by atoms with E-state index in [-0.39, 0.29) is 21.7 Å². The van der Waals surface area contributed by atoms with Gasteiger partial charge >= 0.3 is 0 Å². The molecular formula is C106H114N2O2. The number of hydrogen-bond acceptors (Lipinski definition) is 3. The lowest BCUT2D eigenvalue weighted by molar-refractivity contribution is 0.394. The Morgan fingerprint density at radius 1 is 0.291 bits per heavy atom. The number of rotatable bonds is 32. The normalized spacial score (nSPS) is 14.9. The molecule has 0 saturated heterocycles. The Hall–Kier alpha value is -9.38. The van der Waals surface area contributed by atoms with Gasteiger partial charge in [0, 0.05) is 82.3 Å². The summed E-state index contributed by atoms with van der Waals surface area (Å²) in [5, 5.41) is 7.51. The van der Waals surface area contributed by atoms with E-state index in [1.807, 2.05) is 0 Å². The summed E-state index contributed by atoms with van der Waals surface area (Å²) in [6.45, 7) is 19.4. The molecule has 0 atom stereocenters. The van der Waals surface area contributed by atoms with E-state index in [1.54, 1.807) is 16.7 Å². The van der Waals surface area contributed by atoms with Crippen LogP contribution in [0.5, 0.6) is 0 Å². The van der Waals surface area contributed by atoms with Gasteiger partial charge in [-0.25, -0.2) is 0 Å². The van der Waals surface area contributed by atoms with E-state index < -0.39 is 0 Å². The number of hydrogen-bond donors (Lipinski definition) is 0. The molecule has 4 aliphatic carbocycles. The molecule has 0 unspecified atom stereocenters. The van der Waals surface area contributed by atoms with Crippen LogP contribution in [0.3, 0.4) is 0 Å². The van der Waals surface area contributed by atoms with Gasteiger partial charge in [-0.1, -0.05) is 325 Å². The highest BCUT2D eigenvalue weighted by Gasteiger charge is 2.51. The van der Waals surface area contributed by atoms with Crippen molar-refractivity contribution in [3.05, 3.63) is 251 Å². The quantitative estimate of drug-likeness (QED) is 0.0394. The van der Waals surface area contributed by atoms with Crippen molar-refractivity contribution in [2.45, 2.75) is 257 Å². The first-order chi connectivity index (χ1) is 53.9. The van der Waals surface area contributed by atoms with Crippen molar-refractivity contribution in [2.75, 3.05) is 4.90 Å². The molecule has 0 aliphatic heterocycles. The zero-order valence-corrected chi connectivity index (χ0v) is 67.1. The van der Waals surface area contributed by atoms with Gasteiger partial charge in [0.2, 0.25) is 0 Å². The highest BCUT2D eigenvalue weighted by atomic mass is 16.3. The van der Waals surface area contributed by atoms with Crippen molar-refractivity contribution < 1.29 is 8.83 Å². The molecule has 3 aromatic heterocycles. The Balaban J connectivity index is 0.873. The minimum atomic E-state index is -0.384. The van der Waals surface area contributed by atoms with Crippen LogP contribution in [0.4, 0.5) is 17.1 Å². The lowest BCUT2D eigenvalue weighted by Crippen LogP contribution is -2.27. The van der Waals surface area contributed by atoms with E-state index in [4.69, 9.17) is 8.83 Å². The molecule has 14 aromatic rings. The van der Waals surface area contributed by atoms with Crippen LogP contribution in [0.1, 0.15) is 280 Å². The average molecular weight is 1450 g/mol. The third kappa shape index (κ3) is 11.8. The van der Waals surface area contributed by atoms with Gasteiger partial charge in [0.05, 0.1) is 11.0 Å². The van der Waals surface area contributed by atoms with E-state index in [9.17, 15) is 0 Å². The monoisotopic (exact) mass is 1450 g/mol. The van der Waals surface area contributed by atoms with Gasteiger partial charge in [-0.3, -0.25) is 0 Å². The van der Waals surface area contributed by atoms with Gasteiger partial charge in [0.25, 0.3) is 0 Å². The van der Waals surface area contributed by atoms with Crippen LogP contribution in [0.15, 0.2) is 215 Å². The van der Waals surface area contributed by atoms with Crippen molar-refractivity contribution >= 4 is 82.7 Å². The maximum Gasteiger partial charge on any atom is 0.144 e. The SMILES string of the molecule is CCCCCCCCC1(CCCCCCCC)c2cc(N(c3ccc4c(c3)C(C)(C)c3c5c(c6oc7ccccc7c6c3-4)-c3ccccc3C5(C)C)c3ccc4c(c3)c3ccccc3n4-c3ccccc3)ccc2-c2cc3c(cc21)-c1c(ccc2oc4ccccc4c12)C3(CCCCCCCC)CCCCCCCC. The molecule has 18 rings (SSSR count). The van der Waals surface area contributed by atoms with Crippen molar-refractivity contribution in [2.24, 2.45) is 0 Å². The summed E-state index contributed by atoms with van der Waals surface area (Å²) in [4.78, 5) is 2.69. The van der Waals surface area contributed by atoms with Gasteiger partial charge in [0.15, 0.2) is 0 Å². The molecule has 560 valence electrons. The van der Waals surface area contributed by atoms with Crippen LogP contribution in [-0.4, -0.2) is 4.57 Å². The molecule has 4 nitrogen and oxygen atoms in total. The van der Waals surface area contributed by atoms with Crippen LogP contribution in [0.2, 0.25) is 0 Å². The van der Waals surface area contributed by atoms with Gasteiger partial charge in [0.1, 0.15) is 22.3 Å². The summed E-state index contributed by atoms with van der Waals surface area (Å²) in [6, 6.07) is 80.7. The molecular weight excluding hydrogens is 1330 g/mol. The maximum atomic E-state index is 7.22. The summed E-state index contributed by atoms with van der Waals surface area (Å²) in [5.41, 5.74) is 33.1. The fourth-order valence-corrected chi connectivity index (χ4v) is 22.1. The standard InChI is InChI=1S/C106H114N2O2/c1-9-13-17-21-25-40-62-105(63-41-26-22-18-14-10-2)85-59-61-94-96(79-48-34-38-52-92(79)109-94)95(85)83-70-88-81(69-89(83)105)75-57-54-74(68-87(75)106(88,64-42-27-23-19-15-11-3)65-43-28-24-20-16-12-4)107(72-56-60-91-82(66-72)76-46-33-37-51-90(76)108(91)71-44-30-29-31-45-71)73-55-58-78-86(67-73)104(7,8)100-97(78)98-80-49-35-39-53-93(80)110-102(98)99-77-47-32-36-50-84(77)103(5,6)101(99)100/h29-39,44-61,66-70H,9-28,40-43,62-65H2,1-8H3. The first-order valence-electron chi connectivity index (χ1n) is 43.4. The molecule has 0 radical (unpaired) electrons. The molecule has 0 bridgehead atoms. The van der Waals surface area contributed by atoms with Crippen LogP contribution >= 0.6 is 0 Å². The van der Waals surface area contributed by atoms with E-state index in [1.165, 1.54) is 300 Å². The van der Waals surface area contributed by atoms with Crippen molar-refractivity contribution in [1.82, 2.24) is 4.57 Å². The van der Waals surface area contributed by atoms with Gasteiger partial charge in [-0.15, -0.1) is 0 Å². The van der Waals surface area contributed by atoms with Crippen LogP contribution < -0.4 is 4.90 Å². The lowest BCUT2D eigenvalue weighted by atomic mass is 9.68. The number of anilines is 3. The fraction of sp³-hybridized carbons (Fsp3) is 0.377. The third-order valence-electron chi connectivity index (χ3n) is 27.5. The first-order valence-corrected chi connectivity index (χ1v) is 43.4. The Morgan fingerprint density at radius 2 is 0.745 bits per heavy atom. The number of nitrogens with zero attached hydrogens (tertiary/aromatic N) is 2. The molecule has 0 saturated carbocycles. The first kappa shape index (κ1) is 72.2. The van der Waals surface area contributed by atoms with Crippen LogP contribution in [-0.2, 0) is 21.7 Å². The van der Waals surface area contributed by atoms with Crippen LogP contribution in [0, 0.1) is 0 Å². The summed E-state index contributed by atoms with van der Waals surface area (Å²) >= 11 is 0. The minimum Gasteiger partial charge on any atom is -0.456 e. The predicted molar refractivity (Wildman–Crippen MR) is 470 cm³/mol. The van der Waals surface area contributed by atoms with E-state index in [0.717, 1.165) is 40.9 Å². The molecule has 110 heavy (non-hydrogen) atoms. The van der Waals surface area contributed by atoms with Gasteiger partial charge in [-0.2, -0.15) is 0 Å². The molecule has 0 spiro atoms. The highest BCUT2D eigenvalue weighted by molar-refractivity contribution is 6.21. The molecule has 4 heteroatoms. The second kappa shape index (κ2) is 29.7. The number of furan rings is 2. The van der Waals surface area contributed by atoms with Crippen molar-refractivity contribution in [3.8, 4) is 50.2 Å². The highest BCUT2D eigenvalue weighted by Crippen LogP contribution is 2.66. The Morgan fingerprint density at radius 3 is 1.39 bits per heavy atom. The third-order valence-corrected chi connectivity index (χ3v) is 27.5. The second-order valence-electron chi connectivity index (χ2n) is 34.9. The summed E-state index contributed by atoms with van der Waals surface area (Å²) < 4.78 is 16.7. The summed E-state index contributed by atoms with van der Waals surface area (Å²) in [6.07, 6.45) is 35.3. The van der Waals surface area contributed by atoms with Crippen molar-refractivity contribution in [3.63, 3.8) is 0 Å². The zero-order chi connectivity index (χ0) is 74.9. The second-order valence-corrected chi connectivity index (χ2v) is 34.9. The topological polar surface area (TPSA) is 34.5 Å². The summed E-state index contributed by atoms with van der Waals surface area (Å²) in [5.74, 6) is 0. The number of para-hydroxylation sites is 4. The van der Waals surface area contributed by atoms with Crippen LogP contribution in [0.25, 0.3) is 116 Å². The van der Waals surface area contributed by atoms with E-state index in [0.29, 0.717) is 0 Å². The molecule has 0 fully saturated rings. The Kier molecular flexibility index (Phi) is 19.5.